The highest BCUT2D eigenvalue weighted by Gasteiger charge is 2.28. The maximum atomic E-state index is 6.46. The standard InChI is InChI=1S/C14H25N3/c1-3-12(2)17-10-7-13(16-17)11-14(15)8-5-4-6-9-14/h7,10,12H,3-6,8-9,11,15H2,1-2H3. The Morgan fingerprint density at radius 3 is 2.76 bits per heavy atom. The lowest BCUT2D eigenvalue weighted by Crippen LogP contribution is -2.43. The molecule has 1 aromatic rings. The van der Waals surface area contributed by atoms with E-state index in [-0.39, 0.29) is 5.54 Å². The van der Waals surface area contributed by atoms with Crippen LogP contribution in [0.15, 0.2) is 12.3 Å². The summed E-state index contributed by atoms with van der Waals surface area (Å²) in [6, 6.07) is 2.62. The molecule has 0 amide bonds. The number of aromatic nitrogens is 2. The van der Waals surface area contributed by atoms with Gasteiger partial charge in [-0.15, -0.1) is 0 Å². The van der Waals surface area contributed by atoms with E-state index in [0.717, 1.165) is 31.4 Å². The SMILES string of the molecule is CCC(C)n1ccc(CC2(N)CCCCC2)n1. The average Bonchev–Trinajstić information content (AvgIpc) is 2.76. The van der Waals surface area contributed by atoms with Gasteiger partial charge in [-0.25, -0.2) is 0 Å². The molecule has 1 fully saturated rings. The van der Waals surface area contributed by atoms with Crippen molar-refractivity contribution in [1.82, 2.24) is 9.78 Å². The molecule has 2 N–H and O–H groups in total. The summed E-state index contributed by atoms with van der Waals surface area (Å²) in [6.45, 7) is 4.40. The molecule has 1 aromatic heterocycles. The van der Waals surface area contributed by atoms with Crippen molar-refractivity contribution in [2.45, 2.75) is 70.4 Å². The van der Waals surface area contributed by atoms with Gasteiger partial charge >= 0.3 is 0 Å². The van der Waals surface area contributed by atoms with Crippen molar-refractivity contribution >= 4 is 0 Å². The van der Waals surface area contributed by atoms with Gasteiger partial charge in [0.1, 0.15) is 0 Å². The molecule has 1 atom stereocenters. The molecule has 3 nitrogen and oxygen atoms in total. The fourth-order valence-electron chi connectivity index (χ4n) is 2.70. The molecule has 0 spiro atoms. The molecule has 0 bridgehead atoms. The Bertz CT molecular complexity index is 350. The second-order valence-corrected chi connectivity index (χ2v) is 5.64. The average molecular weight is 235 g/mol. The molecule has 1 aliphatic rings. The highest BCUT2D eigenvalue weighted by atomic mass is 15.3. The monoisotopic (exact) mass is 235 g/mol. The summed E-state index contributed by atoms with van der Waals surface area (Å²) in [6.07, 6.45) is 10.4. The van der Waals surface area contributed by atoms with E-state index < -0.39 is 0 Å². The fraction of sp³-hybridized carbons (Fsp3) is 0.786. The van der Waals surface area contributed by atoms with Crippen LogP contribution in [0, 0.1) is 0 Å². The highest BCUT2D eigenvalue weighted by molar-refractivity contribution is 5.06. The van der Waals surface area contributed by atoms with Crippen LogP contribution in [-0.4, -0.2) is 15.3 Å². The van der Waals surface area contributed by atoms with Gasteiger partial charge in [0.2, 0.25) is 0 Å². The number of nitrogens with two attached hydrogens (primary N) is 1. The zero-order valence-electron chi connectivity index (χ0n) is 11.2. The van der Waals surface area contributed by atoms with Gasteiger partial charge < -0.3 is 5.73 Å². The van der Waals surface area contributed by atoms with Crippen LogP contribution in [-0.2, 0) is 6.42 Å². The molecule has 0 aliphatic heterocycles. The third kappa shape index (κ3) is 3.09. The lowest BCUT2D eigenvalue weighted by atomic mass is 9.79. The first kappa shape index (κ1) is 12.6. The summed E-state index contributed by atoms with van der Waals surface area (Å²) in [5.41, 5.74) is 7.63. The molecule has 1 unspecified atom stereocenters. The molecule has 0 aromatic carbocycles. The second-order valence-electron chi connectivity index (χ2n) is 5.64. The summed E-state index contributed by atoms with van der Waals surface area (Å²) < 4.78 is 2.07. The molecule has 0 radical (unpaired) electrons. The minimum Gasteiger partial charge on any atom is -0.325 e. The Hall–Kier alpha value is -0.830. The van der Waals surface area contributed by atoms with Gasteiger partial charge in [-0.1, -0.05) is 26.2 Å². The molecule has 3 heteroatoms. The van der Waals surface area contributed by atoms with Gasteiger partial charge in [0.25, 0.3) is 0 Å². The fourth-order valence-corrected chi connectivity index (χ4v) is 2.70. The van der Waals surface area contributed by atoms with Crippen molar-refractivity contribution in [3.8, 4) is 0 Å². The molecular formula is C14H25N3. The highest BCUT2D eigenvalue weighted by Crippen LogP contribution is 2.28. The van der Waals surface area contributed by atoms with Crippen LogP contribution in [0.1, 0.15) is 64.1 Å². The van der Waals surface area contributed by atoms with Gasteiger partial charge in [0.15, 0.2) is 0 Å². The first-order valence-electron chi connectivity index (χ1n) is 6.96. The second kappa shape index (κ2) is 5.21. The van der Waals surface area contributed by atoms with E-state index >= 15 is 0 Å². The maximum Gasteiger partial charge on any atom is 0.0643 e. The van der Waals surface area contributed by atoms with Crippen molar-refractivity contribution in [2.24, 2.45) is 5.73 Å². The predicted molar refractivity (Wildman–Crippen MR) is 70.9 cm³/mol. The van der Waals surface area contributed by atoms with Crippen molar-refractivity contribution in [1.29, 1.82) is 0 Å². The lowest BCUT2D eigenvalue weighted by Gasteiger charge is -2.32. The van der Waals surface area contributed by atoms with Crippen LogP contribution >= 0.6 is 0 Å². The predicted octanol–water partition coefficient (Wildman–Crippen LogP) is 3.06. The largest absolute Gasteiger partial charge is 0.325 e. The third-order valence-electron chi connectivity index (χ3n) is 4.09. The Kier molecular flexibility index (Phi) is 3.87. The normalized spacial score (nSPS) is 21.4. The van der Waals surface area contributed by atoms with Gasteiger partial charge in [-0.05, 0) is 32.3 Å². The van der Waals surface area contributed by atoms with Crippen LogP contribution in [0.25, 0.3) is 0 Å². The van der Waals surface area contributed by atoms with E-state index in [9.17, 15) is 0 Å². The quantitative estimate of drug-likeness (QED) is 0.871. The number of hydrogen-bond donors (Lipinski definition) is 1. The summed E-state index contributed by atoms with van der Waals surface area (Å²) in [4.78, 5) is 0. The topological polar surface area (TPSA) is 43.8 Å². The van der Waals surface area contributed by atoms with Gasteiger partial charge in [-0.3, -0.25) is 4.68 Å². The van der Waals surface area contributed by atoms with Crippen molar-refractivity contribution in [2.75, 3.05) is 0 Å². The van der Waals surface area contributed by atoms with Gasteiger partial charge in [0, 0.05) is 24.2 Å². The van der Waals surface area contributed by atoms with E-state index in [0.29, 0.717) is 6.04 Å². The Morgan fingerprint density at radius 2 is 2.12 bits per heavy atom. The molecular weight excluding hydrogens is 210 g/mol. The lowest BCUT2D eigenvalue weighted by molar-refractivity contribution is 0.291. The smallest absolute Gasteiger partial charge is 0.0643 e. The zero-order valence-corrected chi connectivity index (χ0v) is 11.2. The van der Waals surface area contributed by atoms with Gasteiger partial charge in [-0.2, -0.15) is 5.10 Å². The van der Waals surface area contributed by atoms with Crippen LogP contribution in [0.3, 0.4) is 0 Å². The van der Waals surface area contributed by atoms with E-state index in [1.807, 2.05) is 0 Å². The van der Waals surface area contributed by atoms with Crippen LogP contribution in [0.2, 0.25) is 0 Å². The minimum atomic E-state index is 0.00683. The van der Waals surface area contributed by atoms with Gasteiger partial charge in [0.05, 0.1) is 5.69 Å². The van der Waals surface area contributed by atoms with Crippen LogP contribution in [0.4, 0.5) is 0 Å². The van der Waals surface area contributed by atoms with Crippen LogP contribution < -0.4 is 5.73 Å². The molecule has 0 saturated heterocycles. The first-order chi connectivity index (χ1) is 8.13. The van der Waals surface area contributed by atoms with Crippen molar-refractivity contribution in [3.63, 3.8) is 0 Å². The van der Waals surface area contributed by atoms with Crippen molar-refractivity contribution in [3.05, 3.63) is 18.0 Å². The Labute approximate surface area is 104 Å². The molecule has 1 heterocycles. The molecule has 17 heavy (non-hydrogen) atoms. The van der Waals surface area contributed by atoms with Crippen molar-refractivity contribution < 1.29 is 0 Å². The molecule has 96 valence electrons. The summed E-state index contributed by atoms with van der Waals surface area (Å²) in [7, 11) is 0. The van der Waals surface area contributed by atoms with E-state index in [1.165, 1.54) is 19.3 Å². The molecule has 2 rings (SSSR count). The Morgan fingerprint density at radius 1 is 1.41 bits per heavy atom. The minimum absolute atomic E-state index is 0.00683. The van der Waals surface area contributed by atoms with Crippen LogP contribution in [0.5, 0.6) is 0 Å². The Balaban J connectivity index is 2.00. The number of nitrogens with zero attached hydrogens (tertiary/aromatic N) is 2. The number of rotatable bonds is 4. The molecule has 1 saturated carbocycles. The maximum absolute atomic E-state index is 6.46. The summed E-state index contributed by atoms with van der Waals surface area (Å²) in [5.74, 6) is 0. The van der Waals surface area contributed by atoms with E-state index in [2.05, 4.69) is 35.9 Å². The summed E-state index contributed by atoms with van der Waals surface area (Å²) in [5, 5.41) is 4.66. The van der Waals surface area contributed by atoms with E-state index in [4.69, 9.17) is 5.73 Å². The first-order valence-corrected chi connectivity index (χ1v) is 6.96. The number of hydrogen-bond acceptors (Lipinski definition) is 2. The molecule has 1 aliphatic carbocycles. The summed E-state index contributed by atoms with van der Waals surface area (Å²) >= 11 is 0. The zero-order chi connectivity index (χ0) is 12.3. The van der Waals surface area contributed by atoms with E-state index in [1.54, 1.807) is 0 Å². The third-order valence-corrected chi connectivity index (χ3v) is 4.09.